The molecule has 198 valence electrons. The zero-order valence-electron chi connectivity index (χ0n) is 22.3. The molecule has 0 saturated carbocycles. The summed E-state index contributed by atoms with van der Waals surface area (Å²) in [5.41, 5.74) is 8.05. The Hall–Kier alpha value is -4.71. The zero-order chi connectivity index (χ0) is 27.4. The van der Waals surface area contributed by atoms with Crippen LogP contribution in [0, 0.1) is 0 Å². The summed E-state index contributed by atoms with van der Waals surface area (Å²) in [6, 6.07) is 43.7. The first-order valence-electron chi connectivity index (χ1n) is 14.1. The highest BCUT2D eigenvalue weighted by molar-refractivity contribution is 8.00. The van der Waals surface area contributed by atoms with Crippen molar-refractivity contribution in [1.82, 2.24) is 4.57 Å². The van der Waals surface area contributed by atoms with E-state index in [4.69, 9.17) is 4.42 Å². The van der Waals surface area contributed by atoms with Crippen molar-refractivity contribution in [2.24, 2.45) is 0 Å². The second-order valence-electron chi connectivity index (χ2n) is 10.9. The molecule has 6 aromatic carbocycles. The number of hydrogen-bond donors (Lipinski definition) is 1. The third-order valence-electron chi connectivity index (χ3n) is 8.66. The smallest absolute Gasteiger partial charge is 0.137 e. The molecule has 0 radical (unpaired) electrons. The first-order valence-corrected chi connectivity index (χ1v) is 15.8. The van der Waals surface area contributed by atoms with Crippen LogP contribution in [0.3, 0.4) is 0 Å². The molecule has 3 aromatic heterocycles. The second-order valence-corrected chi connectivity index (χ2v) is 13.1. The minimum absolute atomic E-state index is 0.0991. The van der Waals surface area contributed by atoms with Gasteiger partial charge < -0.3 is 14.3 Å². The van der Waals surface area contributed by atoms with Crippen LogP contribution in [0.4, 0.5) is 5.69 Å². The van der Waals surface area contributed by atoms with Gasteiger partial charge in [0.1, 0.15) is 16.5 Å². The van der Waals surface area contributed by atoms with Crippen LogP contribution in [-0.4, -0.2) is 4.57 Å². The summed E-state index contributed by atoms with van der Waals surface area (Å²) >= 11 is 3.80. The lowest BCUT2D eigenvalue weighted by atomic mass is 10.1. The van der Waals surface area contributed by atoms with Gasteiger partial charge in [-0.05, 0) is 42.5 Å². The van der Waals surface area contributed by atoms with Crippen molar-refractivity contribution < 1.29 is 4.42 Å². The Bertz CT molecular complexity index is 2500. The van der Waals surface area contributed by atoms with E-state index in [1.165, 1.54) is 69.2 Å². The van der Waals surface area contributed by atoms with Crippen LogP contribution in [0.5, 0.6) is 0 Å². The van der Waals surface area contributed by atoms with Crippen LogP contribution >= 0.6 is 23.1 Å². The summed E-state index contributed by atoms with van der Waals surface area (Å²) < 4.78 is 11.3. The maximum absolute atomic E-state index is 6.21. The van der Waals surface area contributed by atoms with Crippen molar-refractivity contribution >= 4 is 92.7 Å². The molecule has 1 N–H and O–H groups in total. The van der Waals surface area contributed by atoms with E-state index in [9.17, 15) is 0 Å². The molecule has 10 rings (SSSR count). The number of furan rings is 1. The molecule has 0 fully saturated rings. The van der Waals surface area contributed by atoms with Gasteiger partial charge in [0, 0.05) is 46.8 Å². The molecule has 0 aliphatic carbocycles. The highest BCUT2D eigenvalue weighted by Crippen LogP contribution is 2.54. The van der Waals surface area contributed by atoms with E-state index in [1.807, 2.05) is 29.2 Å². The third-order valence-corrected chi connectivity index (χ3v) is 11.1. The monoisotopic (exact) mass is 574 g/mol. The number of thioether (sulfide) groups is 1. The van der Waals surface area contributed by atoms with Crippen molar-refractivity contribution in [3.05, 3.63) is 127 Å². The average molecular weight is 575 g/mol. The highest BCUT2D eigenvalue weighted by atomic mass is 32.2. The number of fused-ring (bicyclic) bond motifs is 11. The second kappa shape index (κ2) is 8.41. The van der Waals surface area contributed by atoms with Crippen molar-refractivity contribution in [1.29, 1.82) is 0 Å². The van der Waals surface area contributed by atoms with Crippen LogP contribution in [-0.2, 0) is 0 Å². The number of anilines is 1. The fourth-order valence-corrected chi connectivity index (χ4v) is 9.39. The Kier molecular flexibility index (Phi) is 4.59. The number of rotatable bonds is 2. The molecule has 0 bridgehead atoms. The van der Waals surface area contributed by atoms with Crippen molar-refractivity contribution in [3.63, 3.8) is 0 Å². The van der Waals surface area contributed by atoms with E-state index in [0.717, 1.165) is 16.6 Å². The Morgan fingerprint density at radius 3 is 2.10 bits per heavy atom. The molecule has 9 aromatic rings. The molecule has 0 saturated heterocycles. The molecule has 42 heavy (non-hydrogen) atoms. The van der Waals surface area contributed by atoms with Gasteiger partial charge in [0.15, 0.2) is 0 Å². The normalized spacial score (nSPS) is 15.0. The van der Waals surface area contributed by atoms with Gasteiger partial charge in [0.05, 0.1) is 27.8 Å². The number of thiophene rings is 1. The molecule has 1 aliphatic heterocycles. The first-order chi connectivity index (χ1) is 20.8. The van der Waals surface area contributed by atoms with Gasteiger partial charge >= 0.3 is 0 Å². The third kappa shape index (κ3) is 3.02. The van der Waals surface area contributed by atoms with Crippen molar-refractivity contribution in [3.8, 4) is 5.69 Å². The van der Waals surface area contributed by atoms with E-state index < -0.39 is 0 Å². The van der Waals surface area contributed by atoms with Gasteiger partial charge in [-0.1, -0.05) is 90.6 Å². The lowest BCUT2D eigenvalue weighted by Crippen LogP contribution is -2.03. The number of aromatic nitrogens is 1. The Morgan fingerprint density at radius 1 is 0.595 bits per heavy atom. The van der Waals surface area contributed by atoms with Gasteiger partial charge in [0.25, 0.3) is 0 Å². The van der Waals surface area contributed by atoms with Gasteiger partial charge in [-0.3, -0.25) is 0 Å². The maximum Gasteiger partial charge on any atom is 0.137 e. The minimum atomic E-state index is 0.0991. The predicted molar refractivity (Wildman–Crippen MR) is 180 cm³/mol. The van der Waals surface area contributed by atoms with E-state index in [-0.39, 0.29) is 5.37 Å². The van der Waals surface area contributed by atoms with Gasteiger partial charge in [-0.15, -0.1) is 11.3 Å². The standard InChI is InChI=1S/C37H22N2OS2/c1-5-13-26-21(9-1)22-10-2-6-14-27(22)39(26)28-18-17-25(36-33(28)24-12-4-8-16-31(24)41-36)37-38-35-32(42-37)20-19-30-34(35)23-11-3-7-15-29(23)40-30/h1-20,37-38H. The maximum atomic E-state index is 6.21. The van der Waals surface area contributed by atoms with Crippen molar-refractivity contribution in [2.75, 3.05) is 5.32 Å². The number of nitrogens with one attached hydrogen (secondary N) is 1. The Morgan fingerprint density at radius 2 is 1.29 bits per heavy atom. The van der Waals surface area contributed by atoms with Gasteiger partial charge in [-0.25, -0.2) is 0 Å². The Labute approximate surface area is 249 Å². The van der Waals surface area contributed by atoms with E-state index in [0.29, 0.717) is 0 Å². The summed E-state index contributed by atoms with van der Waals surface area (Å²) in [5.74, 6) is 0. The largest absolute Gasteiger partial charge is 0.456 e. The zero-order valence-corrected chi connectivity index (χ0v) is 23.9. The first kappa shape index (κ1) is 22.9. The lowest BCUT2D eigenvalue weighted by molar-refractivity contribution is 0.669. The van der Waals surface area contributed by atoms with Gasteiger partial charge in [-0.2, -0.15) is 0 Å². The summed E-state index contributed by atoms with van der Waals surface area (Å²) in [5, 5.41) is 11.5. The summed E-state index contributed by atoms with van der Waals surface area (Å²) in [6.07, 6.45) is 0. The molecule has 1 unspecified atom stereocenters. The molecule has 4 heterocycles. The SMILES string of the molecule is c1ccc2c(c1)oc1ccc3c(c12)NC(c1ccc(-n2c4ccccc4c4ccccc42)c2c1sc1ccccc12)S3. The summed E-state index contributed by atoms with van der Waals surface area (Å²) in [4.78, 5) is 1.26. The van der Waals surface area contributed by atoms with E-state index in [2.05, 4.69) is 125 Å². The topological polar surface area (TPSA) is 30.1 Å². The summed E-state index contributed by atoms with van der Waals surface area (Å²) in [6.45, 7) is 0. The van der Waals surface area contributed by atoms with E-state index >= 15 is 0 Å². The molecule has 5 heteroatoms. The fraction of sp³-hybridized carbons (Fsp3) is 0.0270. The molecular formula is C37H22N2OS2. The predicted octanol–water partition coefficient (Wildman–Crippen LogP) is 11.3. The number of nitrogens with zero attached hydrogens (tertiary/aromatic N) is 1. The molecule has 1 atom stereocenters. The molecule has 1 aliphatic rings. The van der Waals surface area contributed by atoms with Crippen LogP contribution in [0.2, 0.25) is 0 Å². The lowest BCUT2D eigenvalue weighted by Gasteiger charge is -2.16. The van der Waals surface area contributed by atoms with Crippen LogP contribution in [0.1, 0.15) is 10.9 Å². The number of para-hydroxylation sites is 3. The van der Waals surface area contributed by atoms with Crippen LogP contribution in [0.25, 0.3) is 69.6 Å². The van der Waals surface area contributed by atoms with E-state index in [1.54, 1.807) is 0 Å². The molecule has 3 nitrogen and oxygen atoms in total. The van der Waals surface area contributed by atoms with Gasteiger partial charge in [0.2, 0.25) is 0 Å². The molecule has 0 amide bonds. The van der Waals surface area contributed by atoms with Crippen LogP contribution in [0.15, 0.2) is 131 Å². The highest BCUT2D eigenvalue weighted by Gasteiger charge is 2.29. The number of benzene rings is 6. The average Bonchev–Trinajstić information content (AvgIpc) is 3.80. The molecule has 0 spiro atoms. The van der Waals surface area contributed by atoms with Crippen LogP contribution < -0.4 is 5.32 Å². The van der Waals surface area contributed by atoms with Crippen molar-refractivity contribution in [2.45, 2.75) is 10.3 Å². The summed E-state index contributed by atoms with van der Waals surface area (Å²) in [7, 11) is 0. The number of hydrogen-bond acceptors (Lipinski definition) is 4. The Balaban J connectivity index is 1.23. The quantitative estimate of drug-likeness (QED) is 0.223. The fourth-order valence-electron chi connectivity index (χ4n) is 6.87. The minimum Gasteiger partial charge on any atom is -0.456 e. The molecular weight excluding hydrogens is 553 g/mol.